The van der Waals surface area contributed by atoms with Crippen molar-refractivity contribution < 1.29 is 8.81 Å². The summed E-state index contributed by atoms with van der Waals surface area (Å²) in [5.41, 5.74) is 1.53. The minimum atomic E-state index is -0.222. The topological polar surface area (TPSA) is 43.9 Å². The number of benzene rings is 2. The lowest BCUT2D eigenvalue weighted by atomic mass is 10.2. The number of thioether (sulfide) groups is 1. The fourth-order valence-corrected chi connectivity index (χ4v) is 3.72. The third-order valence-corrected chi connectivity index (χ3v) is 5.30. The van der Waals surface area contributed by atoms with Gasteiger partial charge in [0.15, 0.2) is 11.0 Å². The van der Waals surface area contributed by atoms with Crippen LogP contribution < -0.4 is 0 Å². The summed E-state index contributed by atoms with van der Waals surface area (Å²) in [5, 5.41) is 10.0. The number of hydrogen-bond acceptors (Lipinski definition) is 4. The van der Waals surface area contributed by atoms with E-state index in [4.69, 9.17) is 16.0 Å². The van der Waals surface area contributed by atoms with Gasteiger partial charge in [-0.25, -0.2) is 4.39 Å². The van der Waals surface area contributed by atoms with Crippen LogP contribution in [-0.2, 0) is 12.3 Å². The van der Waals surface area contributed by atoms with Crippen LogP contribution in [0.3, 0.4) is 0 Å². The molecule has 0 unspecified atom stereocenters. The lowest BCUT2D eigenvalue weighted by Gasteiger charge is -2.09. The van der Waals surface area contributed by atoms with Crippen LogP contribution in [0.2, 0.25) is 5.02 Å². The predicted octanol–water partition coefficient (Wildman–Crippen LogP) is 5.67. The molecule has 4 nitrogen and oxygen atoms in total. The highest BCUT2D eigenvalue weighted by atomic mass is 35.5. The van der Waals surface area contributed by atoms with E-state index in [2.05, 4.69) is 10.2 Å². The number of nitrogens with zero attached hydrogens (tertiary/aromatic N) is 3. The summed E-state index contributed by atoms with van der Waals surface area (Å²) in [6, 6.07) is 17.9. The molecule has 0 radical (unpaired) electrons. The van der Waals surface area contributed by atoms with E-state index in [9.17, 15) is 4.39 Å². The van der Waals surface area contributed by atoms with E-state index in [1.54, 1.807) is 18.4 Å². The second-order valence-electron chi connectivity index (χ2n) is 5.86. The SMILES string of the molecule is Fc1ccccc1CSc1nnc(-c2ccc(Cl)cc2)n1Cc1ccco1. The molecule has 0 saturated carbocycles. The fourth-order valence-electron chi connectivity index (χ4n) is 2.67. The van der Waals surface area contributed by atoms with Gasteiger partial charge in [0.1, 0.15) is 11.6 Å². The van der Waals surface area contributed by atoms with Crippen molar-refractivity contribution in [3.05, 3.63) is 89.1 Å². The Labute approximate surface area is 165 Å². The first kappa shape index (κ1) is 17.8. The molecule has 0 bridgehead atoms. The van der Waals surface area contributed by atoms with Crippen LogP contribution in [0.15, 0.2) is 76.5 Å². The molecular formula is C20H15ClFN3OS. The quantitative estimate of drug-likeness (QED) is 0.392. The fraction of sp³-hybridized carbons (Fsp3) is 0.100. The number of halogens is 2. The van der Waals surface area contributed by atoms with Crippen molar-refractivity contribution >= 4 is 23.4 Å². The Kier molecular flexibility index (Phi) is 5.27. The van der Waals surface area contributed by atoms with Crippen LogP contribution in [0.5, 0.6) is 0 Å². The van der Waals surface area contributed by atoms with Gasteiger partial charge in [0.25, 0.3) is 0 Å². The molecule has 0 saturated heterocycles. The lowest BCUT2D eigenvalue weighted by molar-refractivity contribution is 0.485. The van der Waals surface area contributed by atoms with E-state index in [0.29, 0.717) is 33.9 Å². The van der Waals surface area contributed by atoms with E-state index >= 15 is 0 Å². The van der Waals surface area contributed by atoms with Crippen LogP contribution in [0.4, 0.5) is 4.39 Å². The van der Waals surface area contributed by atoms with Gasteiger partial charge in [-0.05, 0) is 48.0 Å². The molecular weight excluding hydrogens is 385 g/mol. The summed E-state index contributed by atoms with van der Waals surface area (Å²) < 4.78 is 21.4. The molecule has 4 aromatic rings. The summed E-state index contributed by atoms with van der Waals surface area (Å²) in [6.07, 6.45) is 1.63. The highest BCUT2D eigenvalue weighted by Crippen LogP contribution is 2.28. The molecule has 4 rings (SSSR count). The highest BCUT2D eigenvalue weighted by Gasteiger charge is 2.16. The summed E-state index contributed by atoms with van der Waals surface area (Å²) in [4.78, 5) is 0. The third kappa shape index (κ3) is 4.07. The van der Waals surface area contributed by atoms with Gasteiger partial charge < -0.3 is 4.42 Å². The molecule has 0 amide bonds. The number of hydrogen-bond donors (Lipinski definition) is 0. The van der Waals surface area contributed by atoms with E-state index in [1.807, 2.05) is 47.0 Å². The lowest BCUT2D eigenvalue weighted by Crippen LogP contribution is -2.03. The van der Waals surface area contributed by atoms with Crippen molar-refractivity contribution in [1.82, 2.24) is 14.8 Å². The van der Waals surface area contributed by atoms with Crippen LogP contribution in [0, 0.1) is 5.82 Å². The first-order chi connectivity index (χ1) is 13.2. The zero-order valence-electron chi connectivity index (χ0n) is 14.2. The Hall–Kier alpha value is -2.57. The molecule has 0 atom stereocenters. The van der Waals surface area contributed by atoms with E-state index in [0.717, 1.165) is 11.3 Å². The molecule has 0 fully saturated rings. The van der Waals surface area contributed by atoms with E-state index in [1.165, 1.54) is 17.8 Å². The van der Waals surface area contributed by atoms with Crippen molar-refractivity contribution in [2.24, 2.45) is 0 Å². The third-order valence-electron chi connectivity index (χ3n) is 4.03. The number of furan rings is 1. The molecule has 2 aromatic carbocycles. The van der Waals surface area contributed by atoms with Crippen LogP contribution in [0.25, 0.3) is 11.4 Å². The second kappa shape index (κ2) is 7.98. The molecule has 136 valence electrons. The van der Waals surface area contributed by atoms with E-state index in [-0.39, 0.29) is 5.82 Å². The molecule has 2 heterocycles. The van der Waals surface area contributed by atoms with Gasteiger partial charge in [0.05, 0.1) is 12.8 Å². The standard InChI is InChI=1S/C20H15ClFN3OS/c21-16-9-7-14(8-10-16)19-23-24-20(25(19)12-17-5-3-11-26-17)27-13-15-4-1-2-6-18(15)22/h1-11H,12-13H2. The first-order valence-electron chi connectivity index (χ1n) is 8.28. The molecule has 7 heteroatoms. The molecule has 0 N–H and O–H groups in total. The molecule has 0 aliphatic heterocycles. The smallest absolute Gasteiger partial charge is 0.192 e. The molecule has 2 aromatic heterocycles. The predicted molar refractivity (Wildman–Crippen MR) is 104 cm³/mol. The molecule has 0 spiro atoms. The summed E-state index contributed by atoms with van der Waals surface area (Å²) >= 11 is 7.43. The second-order valence-corrected chi connectivity index (χ2v) is 7.24. The first-order valence-corrected chi connectivity index (χ1v) is 9.65. The Morgan fingerprint density at radius 1 is 1.00 bits per heavy atom. The van der Waals surface area contributed by atoms with Crippen LogP contribution in [0.1, 0.15) is 11.3 Å². The minimum absolute atomic E-state index is 0.222. The van der Waals surface area contributed by atoms with Gasteiger partial charge in [-0.1, -0.05) is 41.6 Å². The van der Waals surface area contributed by atoms with Crippen molar-refractivity contribution in [1.29, 1.82) is 0 Å². The number of rotatable bonds is 6. The van der Waals surface area contributed by atoms with Gasteiger partial charge in [-0.15, -0.1) is 10.2 Å². The van der Waals surface area contributed by atoms with Gasteiger partial charge in [-0.2, -0.15) is 0 Å². The van der Waals surface area contributed by atoms with Gasteiger partial charge in [0, 0.05) is 16.3 Å². The van der Waals surface area contributed by atoms with Gasteiger partial charge in [-0.3, -0.25) is 4.57 Å². The average molecular weight is 400 g/mol. The summed E-state index contributed by atoms with van der Waals surface area (Å²) in [7, 11) is 0. The minimum Gasteiger partial charge on any atom is -0.467 e. The normalized spacial score (nSPS) is 11.0. The zero-order chi connectivity index (χ0) is 18.6. The number of aromatic nitrogens is 3. The van der Waals surface area contributed by atoms with Crippen molar-refractivity contribution in [2.75, 3.05) is 0 Å². The largest absolute Gasteiger partial charge is 0.467 e. The average Bonchev–Trinajstić information content (AvgIpc) is 3.33. The van der Waals surface area contributed by atoms with Crippen LogP contribution in [-0.4, -0.2) is 14.8 Å². The van der Waals surface area contributed by atoms with Gasteiger partial charge >= 0.3 is 0 Å². The van der Waals surface area contributed by atoms with Crippen molar-refractivity contribution in [2.45, 2.75) is 17.5 Å². The zero-order valence-corrected chi connectivity index (χ0v) is 15.8. The Balaban J connectivity index is 1.66. The van der Waals surface area contributed by atoms with Crippen molar-refractivity contribution in [3.8, 4) is 11.4 Å². The van der Waals surface area contributed by atoms with E-state index < -0.39 is 0 Å². The summed E-state index contributed by atoms with van der Waals surface area (Å²) in [6.45, 7) is 0.484. The maximum Gasteiger partial charge on any atom is 0.192 e. The monoisotopic (exact) mass is 399 g/mol. The molecule has 0 aliphatic rings. The Morgan fingerprint density at radius 2 is 1.81 bits per heavy atom. The van der Waals surface area contributed by atoms with Gasteiger partial charge in [0.2, 0.25) is 0 Å². The van der Waals surface area contributed by atoms with Crippen LogP contribution >= 0.6 is 23.4 Å². The maximum absolute atomic E-state index is 13.9. The highest BCUT2D eigenvalue weighted by molar-refractivity contribution is 7.98. The molecule has 0 aliphatic carbocycles. The van der Waals surface area contributed by atoms with Crippen molar-refractivity contribution in [3.63, 3.8) is 0 Å². The Bertz CT molecular complexity index is 1030. The Morgan fingerprint density at radius 3 is 2.56 bits per heavy atom. The molecule has 27 heavy (non-hydrogen) atoms. The summed E-state index contributed by atoms with van der Waals surface area (Å²) in [5.74, 6) is 1.74. The maximum atomic E-state index is 13.9.